The van der Waals surface area contributed by atoms with Crippen molar-refractivity contribution in [2.45, 2.75) is 25.9 Å². The van der Waals surface area contributed by atoms with Crippen LogP contribution in [0.25, 0.3) is 0 Å². The molecule has 0 atom stereocenters. The number of benzene rings is 1. The molecule has 2 aliphatic heterocycles. The number of hydrogen-bond donors (Lipinski definition) is 1. The number of amides is 1. The summed E-state index contributed by atoms with van der Waals surface area (Å²) in [6.45, 7) is 13.6. The highest BCUT2D eigenvalue weighted by atomic mass is 35.5. The van der Waals surface area contributed by atoms with Gasteiger partial charge < -0.3 is 10.1 Å². The molecule has 6 nitrogen and oxygen atoms in total. The number of hydrogen-bond acceptors (Lipinski definition) is 5. The van der Waals surface area contributed by atoms with Gasteiger partial charge in [0.25, 0.3) is 0 Å². The smallest absolute Gasteiger partial charge is 0.234 e. The van der Waals surface area contributed by atoms with Crippen LogP contribution in [0.2, 0.25) is 5.02 Å². The Hall–Kier alpha value is -1.18. The third kappa shape index (κ3) is 6.42. The van der Waals surface area contributed by atoms with Crippen LogP contribution in [0.15, 0.2) is 24.3 Å². The van der Waals surface area contributed by atoms with Gasteiger partial charge in [0.1, 0.15) is 0 Å². The first-order valence-electron chi connectivity index (χ1n) is 10.2. The quantitative estimate of drug-likeness (QED) is 0.744. The molecule has 0 spiro atoms. The van der Waals surface area contributed by atoms with Crippen molar-refractivity contribution in [3.05, 3.63) is 34.9 Å². The molecule has 2 saturated heterocycles. The highest BCUT2D eigenvalue weighted by molar-refractivity contribution is 6.30. The van der Waals surface area contributed by atoms with Gasteiger partial charge in [-0.2, -0.15) is 0 Å². The molecular weight excluding hydrogens is 376 g/mol. The first kappa shape index (κ1) is 21.5. The van der Waals surface area contributed by atoms with E-state index in [0.717, 1.165) is 64.0 Å². The van der Waals surface area contributed by atoms with E-state index in [2.05, 4.69) is 39.9 Å². The molecule has 0 aliphatic carbocycles. The van der Waals surface area contributed by atoms with Crippen molar-refractivity contribution in [1.82, 2.24) is 20.0 Å². The molecule has 3 rings (SSSR count). The van der Waals surface area contributed by atoms with Crippen molar-refractivity contribution in [1.29, 1.82) is 0 Å². The van der Waals surface area contributed by atoms with Crippen LogP contribution in [0.3, 0.4) is 0 Å². The lowest BCUT2D eigenvalue weighted by Gasteiger charge is -2.41. The van der Waals surface area contributed by atoms with Crippen molar-refractivity contribution in [2.24, 2.45) is 0 Å². The number of nitrogens with zero attached hydrogens (tertiary/aromatic N) is 3. The second-order valence-corrected chi connectivity index (χ2v) is 8.81. The van der Waals surface area contributed by atoms with Crippen molar-refractivity contribution < 1.29 is 9.53 Å². The second kappa shape index (κ2) is 10.0. The molecule has 28 heavy (non-hydrogen) atoms. The third-order valence-electron chi connectivity index (χ3n) is 5.71. The lowest BCUT2D eigenvalue weighted by atomic mass is 10.0. The van der Waals surface area contributed by atoms with Gasteiger partial charge in [0, 0.05) is 62.9 Å². The molecule has 0 unspecified atom stereocenters. The molecule has 7 heteroatoms. The van der Waals surface area contributed by atoms with E-state index < -0.39 is 0 Å². The van der Waals surface area contributed by atoms with Crippen molar-refractivity contribution in [3.8, 4) is 0 Å². The molecule has 2 fully saturated rings. The molecule has 156 valence electrons. The van der Waals surface area contributed by atoms with E-state index in [1.807, 2.05) is 18.2 Å². The highest BCUT2D eigenvalue weighted by Crippen LogP contribution is 2.16. The molecule has 1 aromatic carbocycles. The molecule has 0 radical (unpaired) electrons. The number of rotatable bonds is 7. The Bertz CT molecular complexity index is 641. The fourth-order valence-electron chi connectivity index (χ4n) is 3.85. The van der Waals surface area contributed by atoms with E-state index in [9.17, 15) is 4.79 Å². The van der Waals surface area contributed by atoms with Crippen LogP contribution in [-0.4, -0.2) is 91.7 Å². The van der Waals surface area contributed by atoms with Crippen molar-refractivity contribution >= 4 is 17.5 Å². The Morgan fingerprint density at radius 3 is 2.46 bits per heavy atom. The van der Waals surface area contributed by atoms with Gasteiger partial charge in [-0.25, -0.2) is 0 Å². The van der Waals surface area contributed by atoms with E-state index >= 15 is 0 Å². The molecule has 0 aromatic heterocycles. The third-order valence-corrected chi connectivity index (χ3v) is 5.95. The van der Waals surface area contributed by atoms with Gasteiger partial charge in [0.15, 0.2) is 0 Å². The Labute approximate surface area is 173 Å². The average Bonchev–Trinajstić information content (AvgIpc) is 2.69. The number of ether oxygens (including phenoxy) is 1. The minimum absolute atomic E-state index is 0.0465. The monoisotopic (exact) mass is 408 g/mol. The van der Waals surface area contributed by atoms with E-state index in [1.54, 1.807) is 0 Å². The van der Waals surface area contributed by atoms with Gasteiger partial charge in [-0.3, -0.25) is 19.5 Å². The largest absolute Gasteiger partial charge is 0.379 e. The SMILES string of the molecule is CC(C)(CNC(=O)CN1CCN(Cc2cccc(Cl)c2)CC1)N1CCOCC1. The Morgan fingerprint density at radius 1 is 1.11 bits per heavy atom. The molecule has 2 heterocycles. The summed E-state index contributed by atoms with van der Waals surface area (Å²) in [5.74, 6) is 0.115. The number of morpholine rings is 1. The molecule has 0 bridgehead atoms. The van der Waals surface area contributed by atoms with Crippen LogP contribution in [0.4, 0.5) is 0 Å². The molecule has 0 saturated carbocycles. The van der Waals surface area contributed by atoms with Crippen molar-refractivity contribution in [3.63, 3.8) is 0 Å². The van der Waals surface area contributed by atoms with Gasteiger partial charge in [-0.05, 0) is 31.5 Å². The molecular formula is C21H33ClN4O2. The molecule has 1 aromatic rings. The first-order valence-corrected chi connectivity index (χ1v) is 10.6. The fourth-order valence-corrected chi connectivity index (χ4v) is 4.07. The first-order chi connectivity index (χ1) is 13.4. The summed E-state index contributed by atoms with van der Waals surface area (Å²) in [6.07, 6.45) is 0. The Kier molecular flexibility index (Phi) is 7.71. The van der Waals surface area contributed by atoms with E-state index in [-0.39, 0.29) is 11.4 Å². The topological polar surface area (TPSA) is 48.1 Å². The zero-order valence-corrected chi connectivity index (χ0v) is 17.9. The second-order valence-electron chi connectivity index (χ2n) is 8.37. The zero-order valence-electron chi connectivity index (χ0n) is 17.1. The normalized spacial score (nSPS) is 20.2. The van der Waals surface area contributed by atoms with Crippen LogP contribution >= 0.6 is 11.6 Å². The summed E-state index contributed by atoms with van der Waals surface area (Å²) < 4.78 is 5.43. The summed E-state index contributed by atoms with van der Waals surface area (Å²) in [5, 5.41) is 3.92. The minimum atomic E-state index is -0.0465. The van der Waals surface area contributed by atoms with Crippen LogP contribution < -0.4 is 5.32 Å². The van der Waals surface area contributed by atoms with Crippen LogP contribution in [0, 0.1) is 0 Å². The van der Waals surface area contributed by atoms with E-state index in [0.29, 0.717) is 13.1 Å². The van der Waals surface area contributed by atoms with Gasteiger partial charge in [-0.15, -0.1) is 0 Å². The number of carbonyl (C=O) groups excluding carboxylic acids is 1. The van der Waals surface area contributed by atoms with E-state index in [4.69, 9.17) is 16.3 Å². The Balaban J connectivity index is 1.36. The molecule has 1 amide bonds. The van der Waals surface area contributed by atoms with Gasteiger partial charge in [0.2, 0.25) is 5.91 Å². The predicted molar refractivity (Wildman–Crippen MR) is 113 cm³/mol. The zero-order chi connectivity index (χ0) is 20.0. The average molecular weight is 409 g/mol. The standard InChI is InChI=1S/C21H33ClN4O2/c1-21(2,26-10-12-28-13-11-26)17-23-20(27)16-25-8-6-24(7-9-25)15-18-4-3-5-19(22)14-18/h3-5,14H,6-13,15-17H2,1-2H3,(H,23,27). The number of halogens is 1. The minimum Gasteiger partial charge on any atom is -0.379 e. The van der Waals surface area contributed by atoms with Crippen LogP contribution in [0.5, 0.6) is 0 Å². The van der Waals surface area contributed by atoms with Crippen LogP contribution in [0.1, 0.15) is 19.4 Å². The summed E-state index contributed by atoms with van der Waals surface area (Å²) in [4.78, 5) is 19.5. The highest BCUT2D eigenvalue weighted by Gasteiger charge is 2.29. The maximum Gasteiger partial charge on any atom is 0.234 e. The summed E-state index contributed by atoms with van der Waals surface area (Å²) in [5.41, 5.74) is 1.19. The Morgan fingerprint density at radius 2 is 1.79 bits per heavy atom. The summed E-state index contributed by atoms with van der Waals surface area (Å²) in [6, 6.07) is 8.04. The van der Waals surface area contributed by atoms with Gasteiger partial charge >= 0.3 is 0 Å². The number of carbonyl (C=O) groups is 1. The van der Waals surface area contributed by atoms with Crippen molar-refractivity contribution in [2.75, 3.05) is 65.6 Å². The number of nitrogens with one attached hydrogen (secondary N) is 1. The van der Waals surface area contributed by atoms with Crippen LogP contribution in [-0.2, 0) is 16.1 Å². The van der Waals surface area contributed by atoms with Gasteiger partial charge in [-0.1, -0.05) is 23.7 Å². The maximum atomic E-state index is 12.4. The van der Waals surface area contributed by atoms with E-state index in [1.165, 1.54) is 5.56 Å². The number of piperazine rings is 1. The summed E-state index contributed by atoms with van der Waals surface area (Å²) >= 11 is 6.07. The lowest BCUT2D eigenvalue weighted by molar-refractivity contribution is -0.123. The van der Waals surface area contributed by atoms with Gasteiger partial charge in [0.05, 0.1) is 19.8 Å². The summed E-state index contributed by atoms with van der Waals surface area (Å²) in [7, 11) is 0. The maximum absolute atomic E-state index is 12.4. The molecule has 1 N–H and O–H groups in total. The molecule has 2 aliphatic rings. The fraction of sp³-hybridized carbons (Fsp3) is 0.667. The lowest BCUT2D eigenvalue weighted by Crippen LogP contribution is -2.56. The predicted octanol–water partition coefficient (Wildman–Crippen LogP) is 1.68.